The number of Topliss-reactive ketones (excluding diaryl/α,β-unsaturated/α-hetero) is 1. The lowest BCUT2D eigenvalue weighted by atomic mass is 9.85. The fourth-order valence-electron chi connectivity index (χ4n) is 3.79. The van der Waals surface area contributed by atoms with E-state index in [-0.39, 0.29) is 53.8 Å². The van der Waals surface area contributed by atoms with Crippen molar-refractivity contribution in [1.29, 1.82) is 0 Å². The average Bonchev–Trinajstić information content (AvgIpc) is 2.77. The lowest BCUT2D eigenvalue weighted by molar-refractivity contribution is -0.274. The summed E-state index contributed by atoms with van der Waals surface area (Å²) < 4.78 is 72.9. The number of rotatable bonds is 13. The van der Waals surface area contributed by atoms with Crippen LogP contribution in [0.15, 0.2) is 47.4 Å². The van der Waals surface area contributed by atoms with E-state index in [9.17, 15) is 31.5 Å². The largest absolute Gasteiger partial charge is 0.573 e. The molecule has 0 aliphatic carbocycles. The molecule has 0 unspecified atom stereocenters. The molecule has 6 nitrogen and oxygen atoms in total. The van der Waals surface area contributed by atoms with Crippen LogP contribution in [0.3, 0.4) is 0 Å². The van der Waals surface area contributed by atoms with Gasteiger partial charge in [-0.25, -0.2) is 8.42 Å². The van der Waals surface area contributed by atoms with E-state index in [4.69, 9.17) is 4.74 Å². The molecular weight excluding hydrogens is 509 g/mol. The van der Waals surface area contributed by atoms with Gasteiger partial charge in [0.15, 0.2) is 15.6 Å². The SMILES string of the molecule is CCOc1cc(CCCC(=O)[C@@H](O)C(C)(C)C)ccc1S(=O)(=O)CCCc1cccc(OC(F)(F)F)c1. The van der Waals surface area contributed by atoms with Crippen LogP contribution in [-0.2, 0) is 27.5 Å². The van der Waals surface area contributed by atoms with E-state index >= 15 is 0 Å². The molecule has 37 heavy (non-hydrogen) atoms. The molecule has 2 aromatic rings. The van der Waals surface area contributed by atoms with Gasteiger partial charge in [-0.2, -0.15) is 0 Å². The second-order valence-electron chi connectivity index (χ2n) is 9.92. The maximum Gasteiger partial charge on any atom is 0.573 e. The number of benzene rings is 2. The summed E-state index contributed by atoms with van der Waals surface area (Å²) >= 11 is 0. The summed E-state index contributed by atoms with van der Waals surface area (Å²) in [5.74, 6) is -0.568. The Kier molecular flexibility index (Phi) is 10.6. The smallest absolute Gasteiger partial charge is 0.493 e. The zero-order valence-corrected chi connectivity index (χ0v) is 22.4. The van der Waals surface area contributed by atoms with Gasteiger partial charge >= 0.3 is 6.36 Å². The van der Waals surface area contributed by atoms with Crippen LogP contribution in [0.2, 0.25) is 0 Å². The molecule has 0 radical (unpaired) electrons. The number of sulfone groups is 1. The van der Waals surface area contributed by atoms with Crippen molar-refractivity contribution in [2.45, 2.75) is 77.2 Å². The molecular formula is C27H35F3O6S. The first-order valence-electron chi connectivity index (χ1n) is 12.2. The van der Waals surface area contributed by atoms with E-state index in [0.717, 1.165) is 5.56 Å². The minimum Gasteiger partial charge on any atom is -0.493 e. The van der Waals surface area contributed by atoms with E-state index < -0.39 is 27.7 Å². The number of carbonyl (C=O) groups is 1. The molecule has 0 aliphatic heterocycles. The van der Waals surface area contributed by atoms with Crippen molar-refractivity contribution in [2.24, 2.45) is 5.41 Å². The number of hydrogen-bond acceptors (Lipinski definition) is 6. The lowest BCUT2D eigenvalue weighted by Crippen LogP contribution is -2.34. The molecule has 2 rings (SSSR count). The standard InChI is InChI=1S/C27H35F3O6S/c1-5-35-23-18-20(10-7-13-22(31)25(32)26(2,3)4)14-15-24(23)37(33,34)16-8-11-19-9-6-12-21(17-19)36-27(28,29)30/h6,9,12,14-15,17-18,25,32H,5,7-8,10-11,13,16H2,1-4H3/t25-/m1/s1. The van der Waals surface area contributed by atoms with Crippen LogP contribution in [0.5, 0.6) is 11.5 Å². The van der Waals surface area contributed by atoms with Crippen molar-refractivity contribution in [3.05, 3.63) is 53.6 Å². The van der Waals surface area contributed by atoms with Gasteiger partial charge in [0.1, 0.15) is 22.5 Å². The lowest BCUT2D eigenvalue weighted by Gasteiger charge is -2.24. The van der Waals surface area contributed by atoms with Crippen LogP contribution in [0, 0.1) is 5.41 Å². The summed E-state index contributed by atoms with van der Waals surface area (Å²) in [5.41, 5.74) is 0.805. The van der Waals surface area contributed by atoms with Crippen molar-refractivity contribution in [3.63, 3.8) is 0 Å². The highest BCUT2D eigenvalue weighted by Gasteiger charge is 2.31. The van der Waals surface area contributed by atoms with Crippen LogP contribution >= 0.6 is 0 Å². The van der Waals surface area contributed by atoms with Gasteiger partial charge in [-0.3, -0.25) is 4.79 Å². The molecule has 0 amide bonds. The Morgan fingerprint density at radius 3 is 2.27 bits per heavy atom. The first-order valence-corrected chi connectivity index (χ1v) is 13.8. The maximum absolute atomic E-state index is 13.0. The van der Waals surface area contributed by atoms with Gasteiger partial charge in [-0.15, -0.1) is 13.2 Å². The fraction of sp³-hybridized carbons (Fsp3) is 0.519. The highest BCUT2D eigenvalue weighted by molar-refractivity contribution is 7.91. The van der Waals surface area contributed by atoms with Crippen LogP contribution in [-0.4, -0.2) is 44.1 Å². The van der Waals surface area contributed by atoms with Crippen LogP contribution in [0.4, 0.5) is 13.2 Å². The van der Waals surface area contributed by atoms with Crippen molar-refractivity contribution in [2.75, 3.05) is 12.4 Å². The van der Waals surface area contributed by atoms with Crippen molar-refractivity contribution in [1.82, 2.24) is 0 Å². The molecule has 0 bridgehead atoms. The van der Waals surface area contributed by atoms with Crippen molar-refractivity contribution in [3.8, 4) is 11.5 Å². The molecule has 1 N–H and O–H groups in total. The first kappa shape index (κ1) is 30.6. The maximum atomic E-state index is 13.0. The molecule has 0 spiro atoms. The molecule has 0 fully saturated rings. The minimum atomic E-state index is -4.80. The van der Waals surface area contributed by atoms with Gasteiger partial charge < -0.3 is 14.6 Å². The number of ketones is 1. The Hall–Kier alpha value is -2.59. The number of hydrogen-bond donors (Lipinski definition) is 1. The van der Waals surface area contributed by atoms with Gasteiger partial charge in [-0.05, 0) is 73.4 Å². The third kappa shape index (κ3) is 10.0. The summed E-state index contributed by atoms with van der Waals surface area (Å²) in [6.45, 7) is 7.38. The minimum absolute atomic E-state index is 0.0477. The molecule has 206 valence electrons. The highest BCUT2D eigenvalue weighted by Crippen LogP contribution is 2.29. The van der Waals surface area contributed by atoms with Crippen LogP contribution in [0.25, 0.3) is 0 Å². The summed E-state index contributed by atoms with van der Waals surface area (Å²) in [6, 6.07) is 10.3. The fourth-order valence-corrected chi connectivity index (χ4v) is 5.24. The highest BCUT2D eigenvalue weighted by atomic mass is 32.2. The molecule has 2 aromatic carbocycles. The zero-order valence-electron chi connectivity index (χ0n) is 21.6. The summed E-state index contributed by atoms with van der Waals surface area (Å²) in [6.07, 6.45) is -4.17. The van der Waals surface area contributed by atoms with E-state index in [2.05, 4.69) is 4.74 Å². The Morgan fingerprint density at radius 2 is 1.65 bits per heavy atom. The second kappa shape index (κ2) is 12.8. The molecule has 0 saturated carbocycles. The summed E-state index contributed by atoms with van der Waals surface area (Å²) in [7, 11) is -3.72. The number of aryl methyl sites for hydroxylation is 2. The normalized spacial score (nSPS) is 13.3. The average molecular weight is 545 g/mol. The van der Waals surface area contributed by atoms with E-state index in [1.165, 1.54) is 24.3 Å². The van der Waals surface area contributed by atoms with Crippen LogP contribution < -0.4 is 9.47 Å². The monoisotopic (exact) mass is 544 g/mol. The Balaban J connectivity index is 2.03. The van der Waals surface area contributed by atoms with Gasteiger partial charge in [0.2, 0.25) is 0 Å². The molecule has 0 aliphatic rings. The number of carbonyl (C=O) groups excluding carboxylic acids is 1. The number of aliphatic hydroxyl groups is 1. The number of aliphatic hydroxyl groups excluding tert-OH is 1. The molecule has 10 heteroatoms. The third-order valence-electron chi connectivity index (χ3n) is 5.67. The second-order valence-corrected chi connectivity index (χ2v) is 12.0. The van der Waals surface area contributed by atoms with E-state index in [1.807, 2.05) is 0 Å². The molecule has 0 aromatic heterocycles. The first-order chi connectivity index (χ1) is 17.1. The third-order valence-corrected chi connectivity index (χ3v) is 7.50. The van der Waals surface area contributed by atoms with Gasteiger partial charge in [0.05, 0.1) is 12.4 Å². The predicted octanol–water partition coefficient (Wildman–Crippen LogP) is 5.69. The number of ether oxygens (including phenoxy) is 2. The van der Waals surface area contributed by atoms with Crippen LogP contribution in [0.1, 0.15) is 58.1 Å². The van der Waals surface area contributed by atoms with Gasteiger partial charge in [0, 0.05) is 6.42 Å². The number of alkyl halides is 3. The quantitative estimate of drug-likeness (QED) is 0.349. The Labute approximate surface area is 216 Å². The summed E-state index contributed by atoms with van der Waals surface area (Å²) in [5, 5.41) is 10.1. The van der Waals surface area contributed by atoms with Gasteiger partial charge in [-0.1, -0.05) is 39.0 Å². The predicted molar refractivity (Wildman–Crippen MR) is 135 cm³/mol. The Bertz CT molecular complexity index is 1150. The number of halogens is 3. The molecule has 0 saturated heterocycles. The topological polar surface area (TPSA) is 89.9 Å². The molecule has 1 atom stereocenters. The molecule has 0 heterocycles. The van der Waals surface area contributed by atoms with E-state index in [1.54, 1.807) is 45.9 Å². The van der Waals surface area contributed by atoms with E-state index in [0.29, 0.717) is 18.4 Å². The van der Waals surface area contributed by atoms with Gasteiger partial charge in [0.25, 0.3) is 0 Å². The Morgan fingerprint density at radius 1 is 1.00 bits per heavy atom. The van der Waals surface area contributed by atoms with Crippen molar-refractivity contribution >= 4 is 15.6 Å². The summed E-state index contributed by atoms with van der Waals surface area (Å²) in [4.78, 5) is 12.3. The zero-order chi connectivity index (χ0) is 27.9. The van der Waals surface area contributed by atoms with Crippen molar-refractivity contribution < 1.29 is 41.0 Å².